The maximum atomic E-state index is 12.6. The van der Waals surface area contributed by atoms with Gasteiger partial charge in [0, 0.05) is 11.6 Å². The van der Waals surface area contributed by atoms with Gasteiger partial charge >= 0.3 is 0 Å². The van der Waals surface area contributed by atoms with Crippen LogP contribution >= 0.6 is 0 Å². The quantitative estimate of drug-likeness (QED) is 0.691. The number of nitrogens with zero attached hydrogens (tertiary/aromatic N) is 1. The van der Waals surface area contributed by atoms with Gasteiger partial charge in [0.1, 0.15) is 18.1 Å². The third-order valence-electron chi connectivity index (χ3n) is 4.90. The first kappa shape index (κ1) is 18.9. The van der Waals surface area contributed by atoms with E-state index in [0.29, 0.717) is 30.2 Å². The van der Waals surface area contributed by atoms with E-state index in [1.165, 1.54) is 0 Å². The number of para-hydroxylation sites is 1. The maximum absolute atomic E-state index is 12.6. The van der Waals surface area contributed by atoms with Gasteiger partial charge in [-0.25, -0.2) is 0 Å². The molecule has 0 saturated carbocycles. The van der Waals surface area contributed by atoms with Crippen LogP contribution in [0, 0.1) is 5.92 Å². The fourth-order valence-corrected chi connectivity index (χ4v) is 3.35. The number of carbonyl (C=O) groups excluding carboxylic acids is 1. The largest absolute Gasteiger partial charge is 0.497 e. The maximum Gasteiger partial charge on any atom is 0.227 e. The molecule has 1 aliphatic rings. The predicted molar refractivity (Wildman–Crippen MR) is 106 cm³/mol. The summed E-state index contributed by atoms with van der Waals surface area (Å²) in [5.41, 5.74) is 2.48. The first-order valence-electron chi connectivity index (χ1n) is 9.34. The Hall–Kier alpha value is -3.48. The summed E-state index contributed by atoms with van der Waals surface area (Å²) in [5, 5.41) is 6.96. The number of methoxy groups -OCH3 is 2. The Bertz CT molecular complexity index is 1010. The van der Waals surface area contributed by atoms with Gasteiger partial charge in [-0.1, -0.05) is 29.4 Å². The Morgan fingerprint density at radius 2 is 2.03 bits per heavy atom. The van der Waals surface area contributed by atoms with E-state index in [-0.39, 0.29) is 18.4 Å². The van der Waals surface area contributed by atoms with Crippen molar-refractivity contribution < 1.29 is 23.5 Å². The monoisotopic (exact) mass is 394 g/mol. The van der Waals surface area contributed by atoms with Crippen LogP contribution in [0.15, 0.2) is 53.1 Å². The number of amides is 1. The van der Waals surface area contributed by atoms with E-state index in [1.807, 2.05) is 48.5 Å². The molecule has 1 N–H and O–H groups in total. The highest BCUT2D eigenvalue weighted by molar-refractivity contribution is 5.79. The van der Waals surface area contributed by atoms with Gasteiger partial charge in [-0.15, -0.1) is 0 Å². The average molecular weight is 394 g/mol. The van der Waals surface area contributed by atoms with Crippen LogP contribution < -0.4 is 19.5 Å². The molecule has 29 heavy (non-hydrogen) atoms. The second-order valence-electron chi connectivity index (χ2n) is 6.79. The molecule has 1 aliphatic heterocycles. The molecule has 3 aromatic rings. The minimum absolute atomic E-state index is 0.0793. The molecule has 7 heteroatoms. The van der Waals surface area contributed by atoms with Crippen molar-refractivity contribution in [2.75, 3.05) is 20.8 Å². The van der Waals surface area contributed by atoms with Crippen molar-refractivity contribution in [1.82, 2.24) is 10.5 Å². The van der Waals surface area contributed by atoms with Gasteiger partial charge in [0.25, 0.3) is 0 Å². The van der Waals surface area contributed by atoms with Gasteiger partial charge in [0.2, 0.25) is 5.91 Å². The molecule has 0 radical (unpaired) electrons. The van der Waals surface area contributed by atoms with Crippen LogP contribution in [0.25, 0.3) is 11.3 Å². The molecule has 7 nitrogen and oxygen atoms in total. The lowest BCUT2D eigenvalue weighted by atomic mass is 9.95. The third-order valence-corrected chi connectivity index (χ3v) is 4.90. The lowest BCUT2D eigenvalue weighted by molar-refractivity contribution is -0.126. The highest BCUT2D eigenvalue weighted by atomic mass is 16.5. The van der Waals surface area contributed by atoms with E-state index < -0.39 is 0 Å². The number of fused-ring (bicyclic) bond motifs is 1. The summed E-state index contributed by atoms with van der Waals surface area (Å²) in [6, 6.07) is 15.0. The zero-order chi connectivity index (χ0) is 20.2. The first-order chi connectivity index (χ1) is 14.2. The van der Waals surface area contributed by atoms with Gasteiger partial charge in [-0.2, -0.15) is 0 Å². The Morgan fingerprint density at radius 3 is 2.86 bits per heavy atom. The van der Waals surface area contributed by atoms with Crippen molar-refractivity contribution in [3.05, 3.63) is 59.8 Å². The normalized spacial score (nSPS) is 15.2. The van der Waals surface area contributed by atoms with Crippen LogP contribution in [0.1, 0.15) is 11.3 Å². The summed E-state index contributed by atoms with van der Waals surface area (Å²) < 4.78 is 21.7. The minimum Gasteiger partial charge on any atom is -0.497 e. The molecule has 0 aliphatic carbocycles. The second-order valence-corrected chi connectivity index (χ2v) is 6.79. The van der Waals surface area contributed by atoms with Crippen molar-refractivity contribution in [1.29, 1.82) is 0 Å². The summed E-state index contributed by atoms with van der Waals surface area (Å²) in [6.45, 7) is 0.598. The van der Waals surface area contributed by atoms with Gasteiger partial charge in [0.15, 0.2) is 17.3 Å². The molecule has 1 aromatic heterocycles. The van der Waals surface area contributed by atoms with Crippen molar-refractivity contribution in [2.24, 2.45) is 5.92 Å². The van der Waals surface area contributed by atoms with Crippen molar-refractivity contribution in [2.45, 2.75) is 13.0 Å². The van der Waals surface area contributed by atoms with Crippen molar-refractivity contribution in [3.8, 4) is 28.6 Å². The van der Waals surface area contributed by atoms with Gasteiger partial charge in [-0.3, -0.25) is 4.79 Å². The van der Waals surface area contributed by atoms with Gasteiger partial charge in [-0.05, 0) is 30.2 Å². The smallest absolute Gasteiger partial charge is 0.227 e. The molecule has 1 amide bonds. The summed E-state index contributed by atoms with van der Waals surface area (Å²) in [6.07, 6.45) is 0.603. The second kappa shape index (κ2) is 8.26. The van der Waals surface area contributed by atoms with Crippen LogP contribution in [-0.2, 0) is 17.8 Å². The first-order valence-corrected chi connectivity index (χ1v) is 9.34. The number of benzene rings is 2. The zero-order valence-electron chi connectivity index (χ0n) is 16.3. The highest BCUT2D eigenvalue weighted by Crippen LogP contribution is 2.36. The molecule has 0 bridgehead atoms. The zero-order valence-corrected chi connectivity index (χ0v) is 16.3. The number of aromatic nitrogens is 1. The number of rotatable bonds is 6. The number of carbonyl (C=O) groups is 1. The van der Waals surface area contributed by atoms with Crippen LogP contribution in [0.3, 0.4) is 0 Å². The lowest BCUT2D eigenvalue weighted by Crippen LogP contribution is -2.37. The fraction of sp³-hybridized carbons (Fsp3) is 0.273. The number of hydrogen-bond acceptors (Lipinski definition) is 6. The topological polar surface area (TPSA) is 82.8 Å². The molecule has 2 heterocycles. The molecule has 1 atom stereocenters. The van der Waals surface area contributed by atoms with Crippen molar-refractivity contribution in [3.63, 3.8) is 0 Å². The van der Waals surface area contributed by atoms with E-state index in [4.69, 9.17) is 18.7 Å². The van der Waals surface area contributed by atoms with Crippen LogP contribution in [-0.4, -0.2) is 31.9 Å². The fourth-order valence-electron chi connectivity index (χ4n) is 3.35. The summed E-state index contributed by atoms with van der Waals surface area (Å²) in [5.74, 6) is 2.43. The average Bonchev–Trinajstić information content (AvgIpc) is 3.25. The van der Waals surface area contributed by atoms with Gasteiger partial charge in [0.05, 0.1) is 26.7 Å². The Kier molecular flexibility index (Phi) is 5.37. The van der Waals surface area contributed by atoms with E-state index in [0.717, 1.165) is 22.6 Å². The molecule has 0 spiro atoms. The standard InChI is InChI=1S/C22H22N2O5/c1-26-18-7-3-5-14(10-18)20-11-17(24-29-20)12-23-22(25)16-9-15-6-4-8-19(27-2)21(15)28-13-16/h3-8,10-11,16H,9,12-13H2,1-2H3,(H,23,25)/t16-/m1/s1. The molecular weight excluding hydrogens is 372 g/mol. The van der Waals surface area contributed by atoms with E-state index in [9.17, 15) is 4.79 Å². The Labute approximate surface area is 168 Å². The molecule has 150 valence electrons. The molecule has 0 fully saturated rings. The van der Waals surface area contributed by atoms with Crippen LogP contribution in [0.5, 0.6) is 17.2 Å². The lowest BCUT2D eigenvalue weighted by Gasteiger charge is -2.25. The third kappa shape index (κ3) is 4.03. The molecule has 0 saturated heterocycles. The van der Waals surface area contributed by atoms with E-state index in [2.05, 4.69) is 10.5 Å². The SMILES string of the molecule is COc1cccc(-c2cc(CNC(=O)[C@H]3COc4c(cccc4OC)C3)no2)c1. The van der Waals surface area contributed by atoms with Crippen LogP contribution in [0.4, 0.5) is 0 Å². The summed E-state index contributed by atoms with van der Waals surface area (Å²) in [7, 11) is 3.22. The molecular formula is C22H22N2O5. The predicted octanol–water partition coefficient (Wildman–Crippen LogP) is 3.23. The number of ether oxygens (including phenoxy) is 3. The number of nitrogens with one attached hydrogen (secondary N) is 1. The van der Waals surface area contributed by atoms with Crippen molar-refractivity contribution >= 4 is 5.91 Å². The van der Waals surface area contributed by atoms with E-state index >= 15 is 0 Å². The Morgan fingerprint density at radius 1 is 1.17 bits per heavy atom. The summed E-state index contributed by atoms with van der Waals surface area (Å²) >= 11 is 0. The van der Waals surface area contributed by atoms with Gasteiger partial charge < -0.3 is 24.1 Å². The minimum atomic E-state index is -0.264. The van der Waals surface area contributed by atoms with Crippen LogP contribution in [0.2, 0.25) is 0 Å². The highest BCUT2D eigenvalue weighted by Gasteiger charge is 2.27. The number of hydrogen-bond donors (Lipinski definition) is 1. The molecule has 2 aromatic carbocycles. The molecule has 0 unspecified atom stereocenters. The Balaban J connectivity index is 1.37. The summed E-state index contributed by atoms with van der Waals surface area (Å²) in [4.78, 5) is 12.6. The van der Waals surface area contributed by atoms with E-state index in [1.54, 1.807) is 14.2 Å². The molecule has 4 rings (SSSR count).